The number of imidazole rings is 1. The fourth-order valence-corrected chi connectivity index (χ4v) is 3.69. The molecule has 9 heteroatoms. The Morgan fingerprint density at radius 3 is 2.19 bits per heavy atom. The number of thioether (sulfide) groups is 1. The van der Waals surface area contributed by atoms with E-state index in [4.69, 9.17) is 0 Å². The molecule has 31 heavy (non-hydrogen) atoms. The van der Waals surface area contributed by atoms with Gasteiger partial charge in [0.05, 0.1) is 11.0 Å². The number of amides is 2. The number of halogens is 2. The van der Waals surface area contributed by atoms with Crippen molar-refractivity contribution in [3.63, 3.8) is 0 Å². The summed E-state index contributed by atoms with van der Waals surface area (Å²) in [5.74, 6) is -2.49. The molecule has 156 valence electrons. The van der Waals surface area contributed by atoms with Gasteiger partial charge in [-0.05, 0) is 42.0 Å². The Morgan fingerprint density at radius 1 is 0.871 bits per heavy atom. The van der Waals surface area contributed by atoms with Gasteiger partial charge in [-0.25, -0.2) is 13.8 Å². The largest absolute Gasteiger partial charge is 0.333 e. The maximum absolute atomic E-state index is 13.2. The van der Waals surface area contributed by atoms with Crippen LogP contribution in [0, 0.1) is 11.6 Å². The second-order valence-corrected chi connectivity index (χ2v) is 7.58. The van der Waals surface area contributed by atoms with Crippen LogP contribution < -0.4 is 10.9 Å². The van der Waals surface area contributed by atoms with Gasteiger partial charge in [0.2, 0.25) is 0 Å². The lowest BCUT2D eigenvalue weighted by Gasteiger charge is -2.08. The number of aromatic nitrogens is 2. The molecule has 0 bridgehead atoms. The first-order chi connectivity index (χ1) is 15.0. The topological polar surface area (TPSA) is 86.9 Å². The molecule has 3 aromatic carbocycles. The SMILES string of the molecule is O=C(NNC(=O)c1cc(F)cc(F)c1)c1ccc(CSc2nc3ccccc3[nH]2)cc1. The summed E-state index contributed by atoms with van der Waals surface area (Å²) in [6.07, 6.45) is 0. The second kappa shape index (κ2) is 8.97. The van der Waals surface area contributed by atoms with Gasteiger partial charge < -0.3 is 4.98 Å². The Labute approximate surface area is 180 Å². The van der Waals surface area contributed by atoms with E-state index in [0.29, 0.717) is 17.4 Å². The Morgan fingerprint density at radius 2 is 1.52 bits per heavy atom. The molecule has 0 spiro atoms. The highest BCUT2D eigenvalue weighted by molar-refractivity contribution is 7.98. The number of hydrazine groups is 1. The van der Waals surface area contributed by atoms with Crippen LogP contribution in [-0.4, -0.2) is 21.8 Å². The number of carbonyl (C=O) groups excluding carboxylic acids is 2. The van der Waals surface area contributed by atoms with Gasteiger partial charge in [0.15, 0.2) is 5.16 Å². The number of nitrogens with one attached hydrogen (secondary N) is 3. The van der Waals surface area contributed by atoms with Gasteiger partial charge in [0.25, 0.3) is 11.8 Å². The van der Waals surface area contributed by atoms with Crippen molar-refractivity contribution in [1.29, 1.82) is 0 Å². The molecule has 4 aromatic rings. The van der Waals surface area contributed by atoms with E-state index in [1.807, 2.05) is 24.3 Å². The minimum absolute atomic E-state index is 0.240. The fraction of sp³-hybridized carbons (Fsp3) is 0.0455. The quantitative estimate of drug-likeness (QED) is 0.322. The van der Waals surface area contributed by atoms with E-state index in [0.717, 1.165) is 33.9 Å². The van der Waals surface area contributed by atoms with Crippen molar-refractivity contribution in [3.8, 4) is 0 Å². The van der Waals surface area contributed by atoms with Crippen molar-refractivity contribution in [2.75, 3.05) is 0 Å². The summed E-state index contributed by atoms with van der Waals surface area (Å²) in [5.41, 5.74) is 7.31. The molecule has 0 aliphatic rings. The summed E-state index contributed by atoms with van der Waals surface area (Å²) in [7, 11) is 0. The Balaban J connectivity index is 1.31. The average molecular weight is 438 g/mol. The molecule has 0 saturated heterocycles. The summed E-state index contributed by atoms with van der Waals surface area (Å²) in [4.78, 5) is 31.9. The summed E-state index contributed by atoms with van der Waals surface area (Å²) in [6.45, 7) is 0. The first-order valence-electron chi connectivity index (χ1n) is 9.21. The molecule has 4 rings (SSSR count). The summed E-state index contributed by atoms with van der Waals surface area (Å²) < 4.78 is 26.4. The van der Waals surface area contributed by atoms with Gasteiger partial charge in [0.1, 0.15) is 11.6 Å². The molecule has 0 aliphatic carbocycles. The van der Waals surface area contributed by atoms with Gasteiger partial charge in [-0.15, -0.1) is 0 Å². The lowest BCUT2D eigenvalue weighted by molar-refractivity contribution is 0.0846. The molecule has 0 saturated carbocycles. The molecular formula is C22H16F2N4O2S. The molecule has 0 atom stereocenters. The van der Waals surface area contributed by atoms with Crippen molar-refractivity contribution in [2.24, 2.45) is 0 Å². The van der Waals surface area contributed by atoms with Crippen LogP contribution in [0.25, 0.3) is 11.0 Å². The number of nitrogens with zero attached hydrogens (tertiary/aromatic N) is 1. The number of benzene rings is 3. The molecule has 0 unspecified atom stereocenters. The fourth-order valence-electron chi connectivity index (χ4n) is 2.84. The maximum atomic E-state index is 13.2. The molecule has 0 radical (unpaired) electrons. The highest BCUT2D eigenvalue weighted by atomic mass is 32.2. The smallest absolute Gasteiger partial charge is 0.269 e. The summed E-state index contributed by atoms with van der Waals surface area (Å²) in [6, 6.07) is 17.0. The standard InChI is InChI=1S/C22H16F2N4O2S/c23-16-9-15(10-17(24)11-16)21(30)28-27-20(29)14-7-5-13(6-8-14)12-31-22-25-18-3-1-2-4-19(18)26-22/h1-11H,12H2,(H,25,26)(H,27,29)(H,28,30). The number of aromatic amines is 1. The normalized spacial score (nSPS) is 10.8. The molecule has 2 amide bonds. The van der Waals surface area contributed by atoms with Crippen molar-refractivity contribution in [1.82, 2.24) is 20.8 Å². The van der Waals surface area contributed by atoms with Crippen LogP contribution in [0.3, 0.4) is 0 Å². The van der Waals surface area contributed by atoms with Crippen molar-refractivity contribution in [3.05, 3.63) is 95.1 Å². The highest BCUT2D eigenvalue weighted by Gasteiger charge is 2.12. The number of H-pyrrole nitrogens is 1. The molecule has 6 nitrogen and oxygen atoms in total. The molecule has 1 heterocycles. The van der Waals surface area contributed by atoms with Gasteiger partial charge in [-0.2, -0.15) is 0 Å². The number of para-hydroxylation sites is 2. The summed E-state index contributed by atoms with van der Waals surface area (Å²) >= 11 is 1.54. The Hall–Kier alpha value is -3.72. The Kier molecular flexibility index (Phi) is 5.94. The number of hydrogen-bond donors (Lipinski definition) is 3. The molecule has 0 aliphatic heterocycles. The zero-order valence-corrected chi connectivity index (χ0v) is 16.8. The monoisotopic (exact) mass is 438 g/mol. The van der Waals surface area contributed by atoms with Crippen LogP contribution in [0.4, 0.5) is 8.78 Å². The first-order valence-corrected chi connectivity index (χ1v) is 10.2. The van der Waals surface area contributed by atoms with E-state index < -0.39 is 23.4 Å². The third kappa shape index (κ3) is 5.07. The van der Waals surface area contributed by atoms with Gasteiger partial charge in [-0.1, -0.05) is 36.0 Å². The summed E-state index contributed by atoms with van der Waals surface area (Å²) in [5, 5.41) is 0.805. The van der Waals surface area contributed by atoms with E-state index in [9.17, 15) is 18.4 Å². The predicted molar refractivity (Wildman–Crippen MR) is 113 cm³/mol. The maximum Gasteiger partial charge on any atom is 0.269 e. The minimum Gasteiger partial charge on any atom is -0.333 e. The van der Waals surface area contributed by atoms with E-state index in [2.05, 4.69) is 20.8 Å². The number of carbonyl (C=O) groups is 2. The highest BCUT2D eigenvalue weighted by Crippen LogP contribution is 2.23. The van der Waals surface area contributed by atoms with Crippen LogP contribution in [0.5, 0.6) is 0 Å². The van der Waals surface area contributed by atoms with E-state index in [1.54, 1.807) is 36.0 Å². The number of rotatable bonds is 5. The van der Waals surface area contributed by atoms with Crippen LogP contribution in [-0.2, 0) is 5.75 Å². The molecular weight excluding hydrogens is 422 g/mol. The van der Waals surface area contributed by atoms with Gasteiger partial charge >= 0.3 is 0 Å². The van der Waals surface area contributed by atoms with Crippen LogP contribution in [0.2, 0.25) is 0 Å². The van der Waals surface area contributed by atoms with Crippen LogP contribution in [0.15, 0.2) is 71.9 Å². The lowest BCUT2D eigenvalue weighted by Crippen LogP contribution is -2.41. The zero-order valence-electron chi connectivity index (χ0n) is 16.0. The predicted octanol–water partition coefficient (Wildman–Crippen LogP) is 4.21. The minimum atomic E-state index is -0.882. The van der Waals surface area contributed by atoms with Gasteiger partial charge in [-0.3, -0.25) is 20.4 Å². The van der Waals surface area contributed by atoms with E-state index in [-0.39, 0.29) is 5.56 Å². The van der Waals surface area contributed by atoms with E-state index in [1.165, 1.54) is 0 Å². The third-order valence-electron chi connectivity index (χ3n) is 4.37. The van der Waals surface area contributed by atoms with Crippen molar-refractivity contribution in [2.45, 2.75) is 10.9 Å². The second-order valence-electron chi connectivity index (χ2n) is 6.61. The molecule has 3 N–H and O–H groups in total. The van der Waals surface area contributed by atoms with Crippen molar-refractivity contribution >= 4 is 34.6 Å². The van der Waals surface area contributed by atoms with Crippen LogP contribution in [0.1, 0.15) is 26.3 Å². The number of hydrogen-bond acceptors (Lipinski definition) is 4. The molecule has 1 aromatic heterocycles. The first kappa shape index (κ1) is 20.5. The van der Waals surface area contributed by atoms with Crippen molar-refractivity contribution < 1.29 is 18.4 Å². The van der Waals surface area contributed by atoms with E-state index >= 15 is 0 Å². The van der Waals surface area contributed by atoms with Gasteiger partial charge in [0, 0.05) is 22.9 Å². The Bertz CT molecular complexity index is 1200. The average Bonchev–Trinajstić information content (AvgIpc) is 3.18. The van der Waals surface area contributed by atoms with Crippen LogP contribution >= 0.6 is 11.8 Å². The molecule has 0 fully saturated rings. The lowest BCUT2D eigenvalue weighted by atomic mass is 10.1. The number of fused-ring (bicyclic) bond motifs is 1. The third-order valence-corrected chi connectivity index (χ3v) is 5.32. The zero-order chi connectivity index (χ0) is 21.8.